The molecule has 0 unspecified atom stereocenters. The van der Waals surface area contributed by atoms with Crippen LogP contribution in [-0.4, -0.2) is 22.3 Å². The second kappa shape index (κ2) is 8.94. The second-order valence-electron chi connectivity index (χ2n) is 6.13. The van der Waals surface area contributed by atoms with Gasteiger partial charge in [-0.3, -0.25) is 9.78 Å². The maximum absolute atomic E-state index is 13.4. The Morgan fingerprint density at radius 1 is 1.07 bits per heavy atom. The van der Waals surface area contributed by atoms with Crippen molar-refractivity contribution in [3.63, 3.8) is 0 Å². The number of carbonyl (C=O) groups is 1. The van der Waals surface area contributed by atoms with Crippen molar-refractivity contribution in [2.45, 2.75) is 20.1 Å². The number of rotatable bonds is 7. The summed E-state index contributed by atoms with van der Waals surface area (Å²) in [5.74, 6) is 0.196. The summed E-state index contributed by atoms with van der Waals surface area (Å²) in [6.07, 6.45) is 3.45. The van der Waals surface area contributed by atoms with E-state index >= 15 is 0 Å². The van der Waals surface area contributed by atoms with Gasteiger partial charge in [-0.25, -0.2) is 4.39 Å². The highest BCUT2D eigenvalue weighted by Crippen LogP contribution is 2.18. The van der Waals surface area contributed by atoms with E-state index < -0.39 is 0 Å². The molecule has 0 N–H and O–H groups in total. The van der Waals surface area contributed by atoms with E-state index in [9.17, 15) is 9.18 Å². The van der Waals surface area contributed by atoms with Crippen molar-refractivity contribution >= 4 is 5.91 Å². The molecular formula is C22H21FN2O2. The summed E-state index contributed by atoms with van der Waals surface area (Å²) in [5, 5.41) is 0. The standard InChI is InChI=1S/C22H21FN2O2/c1-2-25(15-17-6-3-9-20(23)12-17)22(26)19-8-4-10-21(13-19)27-16-18-7-5-11-24-14-18/h3-14H,2,15-16H2,1H3. The highest BCUT2D eigenvalue weighted by Gasteiger charge is 2.15. The van der Waals surface area contributed by atoms with Gasteiger partial charge in [0.15, 0.2) is 0 Å². The molecule has 138 valence electrons. The monoisotopic (exact) mass is 364 g/mol. The zero-order valence-corrected chi connectivity index (χ0v) is 15.1. The van der Waals surface area contributed by atoms with Crippen molar-refractivity contribution in [3.05, 3.63) is 95.6 Å². The third-order valence-corrected chi connectivity index (χ3v) is 4.14. The van der Waals surface area contributed by atoms with Gasteiger partial charge in [0.2, 0.25) is 0 Å². The maximum atomic E-state index is 13.4. The first kappa shape index (κ1) is 18.6. The van der Waals surface area contributed by atoms with Gasteiger partial charge in [-0.1, -0.05) is 24.3 Å². The molecule has 3 aromatic rings. The van der Waals surface area contributed by atoms with Gasteiger partial charge in [0, 0.05) is 36.6 Å². The lowest BCUT2D eigenvalue weighted by Crippen LogP contribution is -2.30. The second-order valence-corrected chi connectivity index (χ2v) is 6.13. The van der Waals surface area contributed by atoms with Gasteiger partial charge >= 0.3 is 0 Å². The molecule has 0 spiro atoms. The van der Waals surface area contributed by atoms with E-state index in [0.29, 0.717) is 31.0 Å². The zero-order chi connectivity index (χ0) is 19.1. The Morgan fingerprint density at radius 2 is 1.89 bits per heavy atom. The summed E-state index contributed by atoms with van der Waals surface area (Å²) in [7, 11) is 0. The van der Waals surface area contributed by atoms with E-state index in [4.69, 9.17) is 4.74 Å². The molecule has 0 saturated carbocycles. The number of carbonyl (C=O) groups excluding carboxylic acids is 1. The summed E-state index contributed by atoms with van der Waals surface area (Å²) in [6, 6.07) is 17.2. The molecule has 0 bridgehead atoms. The molecule has 4 nitrogen and oxygen atoms in total. The number of pyridine rings is 1. The third-order valence-electron chi connectivity index (χ3n) is 4.14. The molecule has 27 heavy (non-hydrogen) atoms. The van der Waals surface area contributed by atoms with Crippen molar-refractivity contribution < 1.29 is 13.9 Å². The molecule has 0 fully saturated rings. The average molecular weight is 364 g/mol. The Morgan fingerprint density at radius 3 is 2.63 bits per heavy atom. The first-order valence-electron chi connectivity index (χ1n) is 8.81. The molecule has 2 aromatic carbocycles. The van der Waals surface area contributed by atoms with Crippen molar-refractivity contribution in [1.29, 1.82) is 0 Å². The molecule has 0 saturated heterocycles. The van der Waals surface area contributed by atoms with Crippen LogP contribution in [-0.2, 0) is 13.2 Å². The quantitative estimate of drug-likeness (QED) is 0.621. The van der Waals surface area contributed by atoms with E-state index in [1.54, 1.807) is 41.6 Å². The zero-order valence-electron chi connectivity index (χ0n) is 15.1. The molecule has 1 aromatic heterocycles. The van der Waals surface area contributed by atoms with Gasteiger partial charge in [0.1, 0.15) is 18.2 Å². The Balaban J connectivity index is 1.69. The fourth-order valence-corrected chi connectivity index (χ4v) is 2.73. The topological polar surface area (TPSA) is 42.4 Å². The normalized spacial score (nSPS) is 10.4. The van der Waals surface area contributed by atoms with E-state index in [-0.39, 0.29) is 11.7 Å². The minimum Gasteiger partial charge on any atom is -0.489 e. The van der Waals surface area contributed by atoms with Crippen LogP contribution in [0.5, 0.6) is 5.75 Å². The molecule has 0 aliphatic carbocycles. The largest absolute Gasteiger partial charge is 0.489 e. The Kier molecular flexibility index (Phi) is 6.15. The van der Waals surface area contributed by atoms with Gasteiger partial charge in [-0.2, -0.15) is 0 Å². The number of halogens is 1. The number of aromatic nitrogens is 1. The minimum atomic E-state index is -0.304. The summed E-state index contributed by atoms with van der Waals surface area (Å²) in [5.41, 5.74) is 2.25. The Bertz CT molecular complexity index is 900. The maximum Gasteiger partial charge on any atom is 0.254 e. The number of benzene rings is 2. The molecular weight excluding hydrogens is 343 g/mol. The van der Waals surface area contributed by atoms with Gasteiger partial charge in [0.25, 0.3) is 5.91 Å². The lowest BCUT2D eigenvalue weighted by Gasteiger charge is -2.21. The highest BCUT2D eigenvalue weighted by atomic mass is 19.1. The van der Waals surface area contributed by atoms with Gasteiger partial charge < -0.3 is 9.64 Å². The smallest absolute Gasteiger partial charge is 0.254 e. The number of ether oxygens (including phenoxy) is 1. The Labute approximate surface area is 158 Å². The highest BCUT2D eigenvalue weighted by molar-refractivity contribution is 5.94. The fourth-order valence-electron chi connectivity index (χ4n) is 2.73. The number of hydrogen-bond acceptors (Lipinski definition) is 3. The van der Waals surface area contributed by atoms with Crippen LogP contribution in [0.2, 0.25) is 0 Å². The van der Waals surface area contributed by atoms with E-state index in [0.717, 1.165) is 11.1 Å². The Hall–Kier alpha value is -3.21. The molecule has 0 radical (unpaired) electrons. The van der Waals surface area contributed by atoms with Crippen molar-refractivity contribution in [2.75, 3.05) is 6.54 Å². The van der Waals surface area contributed by atoms with Crippen LogP contribution < -0.4 is 4.74 Å². The van der Waals surface area contributed by atoms with Gasteiger partial charge in [-0.05, 0) is 48.9 Å². The van der Waals surface area contributed by atoms with Crippen LogP contribution in [0.15, 0.2) is 73.1 Å². The van der Waals surface area contributed by atoms with E-state index in [1.807, 2.05) is 31.2 Å². The number of hydrogen-bond donors (Lipinski definition) is 0. The van der Waals surface area contributed by atoms with Crippen LogP contribution in [0, 0.1) is 5.82 Å². The third kappa shape index (κ3) is 5.14. The lowest BCUT2D eigenvalue weighted by molar-refractivity contribution is 0.0752. The number of nitrogens with zero attached hydrogens (tertiary/aromatic N) is 2. The number of amides is 1. The van der Waals surface area contributed by atoms with Crippen molar-refractivity contribution in [3.8, 4) is 5.75 Å². The van der Waals surface area contributed by atoms with Crippen LogP contribution in [0.3, 0.4) is 0 Å². The van der Waals surface area contributed by atoms with Crippen LogP contribution in [0.25, 0.3) is 0 Å². The molecule has 0 aliphatic heterocycles. The van der Waals surface area contributed by atoms with Gasteiger partial charge in [-0.15, -0.1) is 0 Å². The first-order valence-corrected chi connectivity index (χ1v) is 8.81. The van der Waals surface area contributed by atoms with E-state index in [1.165, 1.54) is 12.1 Å². The molecule has 5 heteroatoms. The van der Waals surface area contributed by atoms with Crippen molar-refractivity contribution in [1.82, 2.24) is 9.88 Å². The fraction of sp³-hybridized carbons (Fsp3) is 0.182. The minimum absolute atomic E-state index is 0.117. The van der Waals surface area contributed by atoms with Crippen molar-refractivity contribution in [2.24, 2.45) is 0 Å². The molecule has 0 atom stereocenters. The summed E-state index contributed by atoms with van der Waals surface area (Å²) in [6.45, 7) is 3.16. The molecule has 0 aliphatic rings. The molecule has 1 amide bonds. The predicted octanol–water partition coefficient (Wildman–Crippen LogP) is 4.46. The first-order chi connectivity index (χ1) is 13.2. The lowest BCUT2D eigenvalue weighted by atomic mass is 10.1. The summed E-state index contributed by atoms with van der Waals surface area (Å²) >= 11 is 0. The molecule has 1 heterocycles. The van der Waals surface area contributed by atoms with E-state index in [2.05, 4.69) is 4.98 Å². The predicted molar refractivity (Wildman–Crippen MR) is 102 cm³/mol. The summed E-state index contributed by atoms with van der Waals surface area (Å²) < 4.78 is 19.2. The molecule has 3 rings (SSSR count). The van der Waals surface area contributed by atoms with Crippen LogP contribution in [0.1, 0.15) is 28.4 Å². The van der Waals surface area contributed by atoms with Crippen LogP contribution >= 0.6 is 0 Å². The summed E-state index contributed by atoms with van der Waals surface area (Å²) in [4.78, 5) is 18.6. The van der Waals surface area contributed by atoms with Gasteiger partial charge in [0.05, 0.1) is 0 Å². The van der Waals surface area contributed by atoms with Crippen LogP contribution in [0.4, 0.5) is 4.39 Å². The SMILES string of the molecule is CCN(Cc1cccc(F)c1)C(=O)c1cccc(OCc2cccnc2)c1. The average Bonchev–Trinajstić information content (AvgIpc) is 2.71.